The van der Waals surface area contributed by atoms with Crippen LogP contribution in [0.1, 0.15) is 24.3 Å². The van der Waals surface area contributed by atoms with E-state index < -0.39 is 0 Å². The first kappa shape index (κ1) is 24.7. The Kier molecular flexibility index (Phi) is 8.15. The van der Waals surface area contributed by atoms with E-state index >= 15 is 0 Å². The highest BCUT2D eigenvalue weighted by atomic mass is 79.9. The summed E-state index contributed by atoms with van der Waals surface area (Å²) in [6, 6.07) is 26.3. The minimum atomic E-state index is -0.0699. The second kappa shape index (κ2) is 11.9. The van der Waals surface area contributed by atoms with Gasteiger partial charge in [0.15, 0.2) is 0 Å². The number of hydrogen-bond donors (Lipinski definition) is 1. The van der Waals surface area contributed by atoms with Gasteiger partial charge in [-0.15, -0.1) is 11.8 Å². The summed E-state index contributed by atoms with van der Waals surface area (Å²) < 4.78 is 6.46. The van der Waals surface area contributed by atoms with Crippen molar-refractivity contribution >= 4 is 39.3 Å². The number of benzene rings is 3. The number of halogens is 1. The van der Waals surface area contributed by atoms with Gasteiger partial charge in [0.1, 0.15) is 0 Å². The molecule has 0 spiro atoms. The van der Waals surface area contributed by atoms with Crippen molar-refractivity contribution in [3.05, 3.63) is 94.8 Å². The van der Waals surface area contributed by atoms with E-state index in [0.29, 0.717) is 24.8 Å². The van der Waals surface area contributed by atoms with E-state index in [4.69, 9.17) is 4.52 Å². The van der Waals surface area contributed by atoms with Crippen LogP contribution in [0.4, 0.5) is 5.69 Å². The Labute approximate surface area is 223 Å². The van der Waals surface area contributed by atoms with E-state index in [0.717, 1.165) is 40.9 Å². The van der Waals surface area contributed by atoms with Crippen molar-refractivity contribution in [2.24, 2.45) is 5.92 Å². The summed E-state index contributed by atoms with van der Waals surface area (Å²) in [6.45, 7) is 2.12. The van der Waals surface area contributed by atoms with Crippen LogP contribution in [0.3, 0.4) is 0 Å². The Bertz CT molecular complexity index is 1300. The normalized spacial score (nSPS) is 16.1. The molecule has 36 heavy (non-hydrogen) atoms. The summed E-state index contributed by atoms with van der Waals surface area (Å²) in [7, 11) is 0. The predicted octanol–water partition coefficient (Wildman–Crippen LogP) is 6.64. The van der Waals surface area contributed by atoms with Crippen molar-refractivity contribution in [1.29, 1.82) is 0 Å². The van der Waals surface area contributed by atoms with E-state index in [9.17, 15) is 4.79 Å². The number of aromatic nitrogens is 2. The van der Waals surface area contributed by atoms with Gasteiger partial charge in [-0.2, -0.15) is 4.98 Å². The summed E-state index contributed by atoms with van der Waals surface area (Å²) in [4.78, 5) is 21.0. The number of carbonyl (C=O) groups is 1. The maximum Gasteiger partial charge on any atom is 0.241 e. The minimum absolute atomic E-state index is 0.0615. The Hall–Kier alpha value is -2.94. The number of amides is 1. The fourth-order valence-electron chi connectivity index (χ4n) is 4.28. The molecule has 8 heteroatoms. The van der Waals surface area contributed by atoms with Crippen LogP contribution in [0.25, 0.3) is 11.4 Å². The largest absolute Gasteiger partial charge is 0.338 e. The van der Waals surface area contributed by atoms with E-state index in [1.165, 1.54) is 10.5 Å². The van der Waals surface area contributed by atoms with Crippen LogP contribution in [-0.2, 0) is 17.1 Å². The van der Waals surface area contributed by atoms with Crippen LogP contribution in [0.15, 0.2) is 92.8 Å². The average Bonchev–Trinajstić information content (AvgIpc) is 3.37. The molecule has 6 nitrogen and oxygen atoms in total. The first-order valence-corrected chi connectivity index (χ1v) is 13.8. The molecule has 1 aromatic heterocycles. The van der Waals surface area contributed by atoms with Gasteiger partial charge >= 0.3 is 0 Å². The fourth-order valence-corrected chi connectivity index (χ4v) is 5.55. The monoisotopic (exact) mass is 562 g/mol. The lowest BCUT2D eigenvalue weighted by Gasteiger charge is -2.30. The van der Waals surface area contributed by atoms with Crippen LogP contribution < -0.4 is 5.32 Å². The zero-order chi connectivity index (χ0) is 24.7. The number of carbonyl (C=O) groups excluding carboxylic acids is 1. The lowest BCUT2D eigenvalue weighted by Crippen LogP contribution is -2.40. The molecule has 184 valence electrons. The molecular weight excluding hydrogens is 536 g/mol. The van der Waals surface area contributed by atoms with Gasteiger partial charge in [0.25, 0.3) is 0 Å². The highest BCUT2D eigenvalue weighted by molar-refractivity contribution is 9.10. The Morgan fingerprint density at radius 2 is 1.92 bits per heavy atom. The molecule has 0 saturated carbocycles. The molecule has 1 fully saturated rings. The molecule has 0 bridgehead atoms. The zero-order valence-corrected chi connectivity index (χ0v) is 22.2. The van der Waals surface area contributed by atoms with Crippen LogP contribution in [0.2, 0.25) is 0 Å². The molecule has 1 atom stereocenters. The topological polar surface area (TPSA) is 71.3 Å². The molecule has 0 aliphatic carbocycles. The van der Waals surface area contributed by atoms with Crippen molar-refractivity contribution in [2.45, 2.75) is 30.0 Å². The predicted molar refractivity (Wildman–Crippen MR) is 147 cm³/mol. The maximum atomic E-state index is 13.0. The smallest absolute Gasteiger partial charge is 0.241 e. The standard InChI is InChI=1S/C28H27BrN4O2S/c29-23-8-4-6-21(16-23)27-31-26(35-32-27)18-33-15-5-7-22(17-33)28(34)30-24-13-11-20(12-14-24)19-36-25-9-2-1-3-10-25/h1-4,6,8-14,16,22H,5,7,15,17-19H2,(H,30,34). The third kappa shape index (κ3) is 6.63. The van der Waals surface area contributed by atoms with Gasteiger partial charge in [-0.1, -0.05) is 63.6 Å². The quantitative estimate of drug-likeness (QED) is 0.242. The van der Waals surface area contributed by atoms with E-state index in [1.807, 2.05) is 42.5 Å². The van der Waals surface area contributed by atoms with Crippen molar-refractivity contribution in [3.63, 3.8) is 0 Å². The minimum Gasteiger partial charge on any atom is -0.338 e. The van der Waals surface area contributed by atoms with Crippen molar-refractivity contribution in [1.82, 2.24) is 15.0 Å². The number of likely N-dealkylation sites (tertiary alicyclic amines) is 1. The second-order valence-electron chi connectivity index (χ2n) is 8.88. The zero-order valence-electron chi connectivity index (χ0n) is 19.8. The first-order chi connectivity index (χ1) is 17.6. The summed E-state index contributed by atoms with van der Waals surface area (Å²) in [5.74, 6) is 2.03. The van der Waals surface area contributed by atoms with Crippen molar-refractivity contribution in [3.8, 4) is 11.4 Å². The van der Waals surface area contributed by atoms with Crippen LogP contribution in [0, 0.1) is 5.92 Å². The lowest BCUT2D eigenvalue weighted by molar-refractivity contribution is -0.121. The highest BCUT2D eigenvalue weighted by Crippen LogP contribution is 2.25. The summed E-state index contributed by atoms with van der Waals surface area (Å²) in [6.07, 6.45) is 1.83. The van der Waals surface area contributed by atoms with Gasteiger partial charge in [0.2, 0.25) is 17.6 Å². The number of rotatable bonds is 8. The van der Waals surface area contributed by atoms with Gasteiger partial charge in [0, 0.05) is 32.9 Å². The third-order valence-electron chi connectivity index (χ3n) is 6.16. The Morgan fingerprint density at radius 1 is 1.08 bits per heavy atom. The third-order valence-corrected chi connectivity index (χ3v) is 7.73. The van der Waals surface area contributed by atoms with Gasteiger partial charge in [-0.05, 0) is 61.3 Å². The van der Waals surface area contributed by atoms with Crippen LogP contribution >= 0.6 is 27.7 Å². The number of nitrogens with zero attached hydrogens (tertiary/aromatic N) is 3. The van der Waals surface area contributed by atoms with Gasteiger partial charge in [-0.25, -0.2) is 0 Å². The number of piperidine rings is 1. The molecule has 5 rings (SSSR count). The SMILES string of the molecule is O=C(Nc1ccc(CSc2ccccc2)cc1)C1CCCN(Cc2nc(-c3cccc(Br)c3)no2)C1. The Morgan fingerprint density at radius 3 is 2.72 bits per heavy atom. The van der Waals surface area contributed by atoms with E-state index in [2.05, 4.69) is 72.7 Å². The van der Waals surface area contributed by atoms with Crippen LogP contribution in [-0.4, -0.2) is 34.0 Å². The first-order valence-electron chi connectivity index (χ1n) is 12.0. The molecule has 2 heterocycles. The fraction of sp³-hybridized carbons (Fsp3) is 0.250. The molecule has 3 aromatic carbocycles. The molecule has 1 unspecified atom stereocenters. The van der Waals surface area contributed by atoms with E-state index in [1.54, 1.807) is 11.8 Å². The molecule has 1 amide bonds. The summed E-state index contributed by atoms with van der Waals surface area (Å²) in [5.41, 5.74) is 2.97. The molecule has 1 aliphatic heterocycles. The second-order valence-corrected chi connectivity index (χ2v) is 10.8. The number of anilines is 1. The summed E-state index contributed by atoms with van der Waals surface area (Å²) in [5, 5.41) is 7.23. The number of hydrogen-bond acceptors (Lipinski definition) is 6. The maximum absolute atomic E-state index is 13.0. The van der Waals surface area contributed by atoms with Crippen molar-refractivity contribution < 1.29 is 9.32 Å². The molecular formula is C28H27BrN4O2S. The molecule has 1 aliphatic rings. The van der Waals surface area contributed by atoms with Gasteiger partial charge < -0.3 is 9.84 Å². The lowest BCUT2D eigenvalue weighted by atomic mass is 9.97. The van der Waals surface area contributed by atoms with Crippen molar-refractivity contribution in [2.75, 3.05) is 18.4 Å². The Balaban J connectivity index is 1.12. The average molecular weight is 564 g/mol. The van der Waals surface area contributed by atoms with Gasteiger partial charge in [0.05, 0.1) is 12.5 Å². The number of nitrogens with one attached hydrogen (secondary N) is 1. The van der Waals surface area contributed by atoms with Gasteiger partial charge in [-0.3, -0.25) is 9.69 Å². The molecule has 1 saturated heterocycles. The van der Waals surface area contributed by atoms with Crippen LogP contribution in [0.5, 0.6) is 0 Å². The molecule has 0 radical (unpaired) electrons. The number of thioether (sulfide) groups is 1. The van der Waals surface area contributed by atoms with E-state index in [-0.39, 0.29) is 11.8 Å². The molecule has 1 N–H and O–H groups in total. The summed E-state index contributed by atoms with van der Waals surface area (Å²) >= 11 is 5.28. The molecule has 4 aromatic rings. The highest BCUT2D eigenvalue weighted by Gasteiger charge is 2.27.